The standard InChI is InChI=1S/C9H17ClN2O2/c1-2-3-6-11-8(13)9(14)12-7-4-5-10/h2-7H2,1H3,(H,11,13)(H,12,14). The van der Waals surface area contributed by atoms with E-state index >= 15 is 0 Å². The summed E-state index contributed by atoms with van der Waals surface area (Å²) in [7, 11) is 0. The molecule has 0 aromatic carbocycles. The highest BCUT2D eigenvalue weighted by molar-refractivity contribution is 6.35. The third-order valence-corrected chi connectivity index (χ3v) is 1.89. The Morgan fingerprint density at radius 1 is 1.07 bits per heavy atom. The lowest BCUT2D eigenvalue weighted by atomic mass is 10.3. The van der Waals surface area contributed by atoms with Gasteiger partial charge >= 0.3 is 11.8 Å². The third-order valence-electron chi connectivity index (χ3n) is 1.62. The Labute approximate surface area is 89.4 Å². The van der Waals surface area contributed by atoms with Gasteiger partial charge in [-0.2, -0.15) is 0 Å². The highest BCUT2D eigenvalue weighted by Gasteiger charge is 2.10. The lowest BCUT2D eigenvalue weighted by Crippen LogP contribution is -2.40. The van der Waals surface area contributed by atoms with E-state index in [0.717, 1.165) is 12.8 Å². The summed E-state index contributed by atoms with van der Waals surface area (Å²) in [5.41, 5.74) is 0. The normalized spacial score (nSPS) is 9.57. The zero-order chi connectivity index (χ0) is 10.8. The summed E-state index contributed by atoms with van der Waals surface area (Å²) in [6.45, 7) is 3.02. The molecule has 0 aromatic heterocycles. The number of hydrogen-bond donors (Lipinski definition) is 2. The van der Waals surface area contributed by atoms with E-state index in [9.17, 15) is 9.59 Å². The number of rotatable bonds is 6. The van der Waals surface area contributed by atoms with Crippen LogP contribution < -0.4 is 10.6 Å². The Kier molecular flexibility index (Phi) is 8.33. The summed E-state index contributed by atoms with van der Waals surface area (Å²) < 4.78 is 0. The molecule has 0 aliphatic rings. The maximum Gasteiger partial charge on any atom is 0.309 e. The first kappa shape index (κ1) is 13.2. The number of carbonyl (C=O) groups is 2. The zero-order valence-corrected chi connectivity index (χ0v) is 9.19. The second-order valence-electron chi connectivity index (χ2n) is 2.91. The lowest BCUT2D eigenvalue weighted by molar-refractivity contribution is -0.139. The molecule has 5 heteroatoms. The minimum absolute atomic E-state index is 0.448. The van der Waals surface area contributed by atoms with E-state index in [2.05, 4.69) is 10.6 Å². The second kappa shape index (κ2) is 8.81. The molecule has 82 valence electrons. The Hall–Kier alpha value is -0.770. The van der Waals surface area contributed by atoms with Gasteiger partial charge in [0.15, 0.2) is 0 Å². The van der Waals surface area contributed by atoms with Gasteiger partial charge in [0, 0.05) is 19.0 Å². The maximum absolute atomic E-state index is 11.1. The predicted molar refractivity (Wildman–Crippen MR) is 56.3 cm³/mol. The van der Waals surface area contributed by atoms with Crippen molar-refractivity contribution in [3.8, 4) is 0 Å². The molecule has 0 bridgehead atoms. The fourth-order valence-corrected chi connectivity index (χ4v) is 0.942. The number of alkyl halides is 1. The Bertz CT molecular complexity index is 166. The maximum atomic E-state index is 11.1. The summed E-state index contributed by atoms with van der Waals surface area (Å²) in [5.74, 6) is -0.656. The van der Waals surface area contributed by atoms with Gasteiger partial charge in [0.1, 0.15) is 0 Å². The highest BCUT2D eigenvalue weighted by atomic mass is 35.5. The molecule has 0 radical (unpaired) electrons. The molecule has 2 N–H and O–H groups in total. The van der Waals surface area contributed by atoms with Crippen LogP contribution in [0.4, 0.5) is 0 Å². The minimum atomic E-state index is -0.578. The molecule has 0 aliphatic heterocycles. The van der Waals surface area contributed by atoms with Crippen LogP contribution in [0.25, 0.3) is 0 Å². The van der Waals surface area contributed by atoms with Crippen molar-refractivity contribution in [2.45, 2.75) is 26.2 Å². The first-order chi connectivity index (χ1) is 6.72. The molecule has 0 saturated carbocycles. The second-order valence-corrected chi connectivity index (χ2v) is 3.29. The summed E-state index contributed by atoms with van der Waals surface area (Å²) in [5, 5.41) is 5.00. The zero-order valence-electron chi connectivity index (χ0n) is 8.44. The predicted octanol–water partition coefficient (Wildman–Crippen LogP) is 0.648. The van der Waals surface area contributed by atoms with E-state index in [1.54, 1.807) is 0 Å². The molecule has 0 aliphatic carbocycles. The lowest BCUT2D eigenvalue weighted by Gasteiger charge is -2.04. The molecule has 4 nitrogen and oxygen atoms in total. The van der Waals surface area contributed by atoms with Crippen molar-refractivity contribution in [1.29, 1.82) is 0 Å². The topological polar surface area (TPSA) is 58.2 Å². The van der Waals surface area contributed by atoms with Crippen molar-refractivity contribution in [3.63, 3.8) is 0 Å². The molecule has 0 fully saturated rings. The van der Waals surface area contributed by atoms with Gasteiger partial charge in [0.05, 0.1) is 0 Å². The SMILES string of the molecule is CCCCNC(=O)C(=O)NCCCCl. The fraction of sp³-hybridized carbons (Fsp3) is 0.778. The monoisotopic (exact) mass is 220 g/mol. The van der Waals surface area contributed by atoms with Crippen LogP contribution >= 0.6 is 11.6 Å². The summed E-state index contributed by atoms with van der Waals surface area (Å²) >= 11 is 5.42. The number of amides is 2. The van der Waals surface area contributed by atoms with Crippen molar-refractivity contribution in [1.82, 2.24) is 10.6 Å². The van der Waals surface area contributed by atoms with Gasteiger partial charge in [-0.15, -0.1) is 11.6 Å². The molecule has 0 heterocycles. The van der Waals surface area contributed by atoms with Gasteiger partial charge in [-0.05, 0) is 12.8 Å². The van der Waals surface area contributed by atoms with Gasteiger partial charge in [-0.1, -0.05) is 13.3 Å². The molecule has 2 amide bonds. The Morgan fingerprint density at radius 3 is 2.00 bits per heavy atom. The molecule has 0 aromatic rings. The minimum Gasteiger partial charge on any atom is -0.348 e. The third kappa shape index (κ3) is 6.71. The Morgan fingerprint density at radius 2 is 1.57 bits per heavy atom. The molecule has 0 atom stereocenters. The number of unbranched alkanes of at least 4 members (excludes halogenated alkanes) is 1. The molecular weight excluding hydrogens is 204 g/mol. The summed E-state index contributed by atoms with van der Waals surface area (Å²) in [4.78, 5) is 22.1. The van der Waals surface area contributed by atoms with Crippen LogP contribution in [-0.4, -0.2) is 30.8 Å². The first-order valence-corrected chi connectivity index (χ1v) is 5.37. The molecule has 0 rings (SSSR count). The molecular formula is C9H17ClN2O2. The van der Waals surface area contributed by atoms with Gasteiger partial charge in [-0.3, -0.25) is 9.59 Å². The molecule has 0 spiro atoms. The molecule has 14 heavy (non-hydrogen) atoms. The van der Waals surface area contributed by atoms with Crippen LogP contribution in [0.3, 0.4) is 0 Å². The van der Waals surface area contributed by atoms with Crippen LogP contribution in [0.1, 0.15) is 26.2 Å². The van der Waals surface area contributed by atoms with Gasteiger partial charge in [0.2, 0.25) is 0 Å². The van der Waals surface area contributed by atoms with Crippen LogP contribution in [-0.2, 0) is 9.59 Å². The summed E-state index contributed by atoms with van der Waals surface area (Å²) in [6.07, 6.45) is 2.56. The highest BCUT2D eigenvalue weighted by Crippen LogP contribution is 1.83. The van der Waals surface area contributed by atoms with Crippen molar-refractivity contribution < 1.29 is 9.59 Å². The van der Waals surface area contributed by atoms with E-state index in [0.29, 0.717) is 25.4 Å². The van der Waals surface area contributed by atoms with Gasteiger partial charge in [0.25, 0.3) is 0 Å². The fourth-order valence-electron chi connectivity index (χ4n) is 0.808. The van der Waals surface area contributed by atoms with Crippen LogP contribution in [0, 0.1) is 0 Å². The van der Waals surface area contributed by atoms with E-state index in [4.69, 9.17) is 11.6 Å². The van der Waals surface area contributed by atoms with Gasteiger partial charge in [-0.25, -0.2) is 0 Å². The Balaban J connectivity index is 3.50. The van der Waals surface area contributed by atoms with Gasteiger partial charge < -0.3 is 10.6 Å². The average Bonchev–Trinajstić information content (AvgIpc) is 2.18. The number of nitrogens with one attached hydrogen (secondary N) is 2. The van der Waals surface area contributed by atoms with Crippen molar-refractivity contribution in [2.24, 2.45) is 0 Å². The van der Waals surface area contributed by atoms with E-state index in [1.165, 1.54) is 0 Å². The van der Waals surface area contributed by atoms with E-state index in [1.807, 2.05) is 6.92 Å². The average molecular weight is 221 g/mol. The van der Waals surface area contributed by atoms with Crippen molar-refractivity contribution in [2.75, 3.05) is 19.0 Å². The number of halogens is 1. The van der Waals surface area contributed by atoms with Crippen molar-refractivity contribution in [3.05, 3.63) is 0 Å². The molecule has 0 saturated heterocycles. The number of carbonyl (C=O) groups excluding carboxylic acids is 2. The quantitative estimate of drug-likeness (QED) is 0.392. The van der Waals surface area contributed by atoms with Crippen LogP contribution in [0.15, 0.2) is 0 Å². The number of hydrogen-bond acceptors (Lipinski definition) is 2. The van der Waals surface area contributed by atoms with Crippen LogP contribution in [0.2, 0.25) is 0 Å². The van der Waals surface area contributed by atoms with Crippen LogP contribution in [0.5, 0.6) is 0 Å². The van der Waals surface area contributed by atoms with E-state index in [-0.39, 0.29) is 0 Å². The van der Waals surface area contributed by atoms with E-state index < -0.39 is 11.8 Å². The smallest absolute Gasteiger partial charge is 0.309 e. The first-order valence-electron chi connectivity index (χ1n) is 4.84. The van der Waals surface area contributed by atoms with Crippen molar-refractivity contribution >= 4 is 23.4 Å². The largest absolute Gasteiger partial charge is 0.348 e. The molecule has 0 unspecified atom stereocenters. The summed E-state index contributed by atoms with van der Waals surface area (Å²) in [6, 6.07) is 0.